The number of aromatic nitrogens is 4. The zero-order valence-corrected chi connectivity index (χ0v) is 35.4. The summed E-state index contributed by atoms with van der Waals surface area (Å²) in [5.74, 6) is 1.69. The number of aryl methyl sites for hydroxylation is 1. The van der Waals surface area contributed by atoms with Crippen LogP contribution in [-0.2, 0) is 33.9 Å². The summed E-state index contributed by atoms with van der Waals surface area (Å²) >= 11 is 8.19. The minimum atomic E-state index is -1.22. The molecule has 0 N–H and O–H groups in total. The lowest BCUT2D eigenvalue weighted by molar-refractivity contribution is -0.154. The molecule has 0 spiro atoms. The average molecular weight is 851 g/mol. The molecule has 0 saturated heterocycles. The molecule has 1 saturated carbocycles. The number of benzene rings is 2. The van der Waals surface area contributed by atoms with Crippen LogP contribution in [0.25, 0.3) is 27.0 Å². The first-order chi connectivity index (χ1) is 29.1. The van der Waals surface area contributed by atoms with E-state index in [1.165, 1.54) is 11.5 Å². The van der Waals surface area contributed by atoms with Crippen molar-refractivity contribution in [3.05, 3.63) is 128 Å². The van der Waals surface area contributed by atoms with Gasteiger partial charge in [-0.1, -0.05) is 55.3 Å². The van der Waals surface area contributed by atoms with Crippen molar-refractivity contribution in [2.75, 3.05) is 14.2 Å². The number of para-hydroxylation sites is 2. The fourth-order valence-corrected chi connectivity index (χ4v) is 8.64. The molecule has 0 amide bonds. The van der Waals surface area contributed by atoms with Crippen LogP contribution in [0.5, 0.6) is 17.4 Å². The Morgan fingerprint density at radius 1 is 0.983 bits per heavy atom. The van der Waals surface area contributed by atoms with Gasteiger partial charge < -0.3 is 32.5 Å². The number of fused-ring (bicyclic) bond motifs is 1. The Kier molecular flexibility index (Phi) is 12.0. The third kappa shape index (κ3) is 8.26. The van der Waals surface area contributed by atoms with Crippen molar-refractivity contribution < 1.29 is 37.3 Å². The highest BCUT2D eigenvalue weighted by atomic mass is 35.5. The molecule has 310 valence electrons. The zero-order valence-electron chi connectivity index (χ0n) is 33.8. The minimum Gasteiger partial charge on any atom is -0.500 e. The first-order valence-corrected chi connectivity index (χ1v) is 20.8. The Labute approximate surface area is 355 Å². The smallest absolute Gasteiger partial charge is 0.500 e. The van der Waals surface area contributed by atoms with Crippen molar-refractivity contribution in [2.24, 2.45) is 5.92 Å². The van der Waals surface area contributed by atoms with Crippen LogP contribution in [0.4, 0.5) is 0 Å². The second-order valence-electron chi connectivity index (χ2n) is 14.8. The van der Waals surface area contributed by atoms with Gasteiger partial charge >= 0.3 is 11.8 Å². The van der Waals surface area contributed by atoms with Gasteiger partial charge in [0.1, 0.15) is 23.9 Å². The van der Waals surface area contributed by atoms with Crippen molar-refractivity contribution >= 4 is 44.8 Å². The fraction of sp³-hybridized carbons (Fsp3) is 0.333. The molecule has 60 heavy (non-hydrogen) atoms. The highest BCUT2D eigenvalue weighted by molar-refractivity contribution is 7.13. The van der Waals surface area contributed by atoms with Crippen molar-refractivity contribution in [1.82, 2.24) is 19.3 Å². The highest BCUT2D eigenvalue weighted by Crippen LogP contribution is 2.50. The Morgan fingerprint density at radius 2 is 1.77 bits per heavy atom. The monoisotopic (exact) mass is 850 g/mol. The van der Waals surface area contributed by atoms with Gasteiger partial charge in [-0.15, -0.1) is 0 Å². The molecule has 4 aromatic heterocycles. The van der Waals surface area contributed by atoms with E-state index in [-0.39, 0.29) is 48.9 Å². The Bertz CT molecular complexity index is 2680. The summed E-state index contributed by atoms with van der Waals surface area (Å²) in [7, 11) is 3.24. The molecule has 8 rings (SSSR count). The number of hydrogen-bond donors (Lipinski definition) is 0. The van der Waals surface area contributed by atoms with Gasteiger partial charge in [0.15, 0.2) is 24.0 Å². The van der Waals surface area contributed by atoms with Gasteiger partial charge in [-0.2, -0.15) is 4.37 Å². The molecule has 4 heterocycles. The van der Waals surface area contributed by atoms with Crippen LogP contribution in [0.15, 0.2) is 97.0 Å². The molecule has 2 atom stereocenters. The van der Waals surface area contributed by atoms with E-state index < -0.39 is 17.9 Å². The van der Waals surface area contributed by atoms with E-state index in [1.54, 1.807) is 33.4 Å². The first kappa shape index (κ1) is 40.8. The largest absolute Gasteiger partial charge is 0.519 e. The van der Waals surface area contributed by atoms with Gasteiger partial charge in [0, 0.05) is 36.7 Å². The Hall–Kier alpha value is -5.99. The van der Waals surface area contributed by atoms with Gasteiger partial charge in [0.05, 0.1) is 46.3 Å². The quantitative estimate of drug-likeness (QED) is 0.0901. The molecule has 1 unspecified atom stereocenters. The number of methoxy groups -OCH3 is 2. The van der Waals surface area contributed by atoms with Crippen LogP contribution in [-0.4, -0.2) is 45.6 Å². The van der Waals surface area contributed by atoms with Gasteiger partial charge in [-0.05, 0) is 85.1 Å². The number of pyridine rings is 1. The molecule has 1 fully saturated rings. The lowest BCUT2D eigenvalue weighted by atomic mass is 9.75. The lowest BCUT2D eigenvalue weighted by Gasteiger charge is -2.32. The van der Waals surface area contributed by atoms with Crippen molar-refractivity contribution in [3.63, 3.8) is 0 Å². The number of esters is 1. The van der Waals surface area contributed by atoms with Gasteiger partial charge in [0.25, 0.3) is 0 Å². The van der Waals surface area contributed by atoms with Crippen LogP contribution in [0.1, 0.15) is 79.5 Å². The van der Waals surface area contributed by atoms with Gasteiger partial charge in [-0.3, -0.25) is 4.98 Å². The second-order valence-corrected chi connectivity index (χ2v) is 16.0. The van der Waals surface area contributed by atoms with Crippen LogP contribution in [0.2, 0.25) is 0 Å². The third-order valence-corrected chi connectivity index (χ3v) is 12.3. The van der Waals surface area contributed by atoms with Crippen LogP contribution in [0, 0.1) is 12.8 Å². The summed E-state index contributed by atoms with van der Waals surface area (Å²) < 4.78 is 45.8. The molecule has 2 aliphatic carbocycles. The molecular weight excluding hydrogens is 808 g/mol. The number of nitrogens with zero attached hydrogens (tertiary/aromatic N) is 4. The molecule has 15 heteroatoms. The number of carbonyl (C=O) groups is 1. The van der Waals surface area contributed by atoms with E-state index in [0.29, 0.717) is 40.0 Å². The summed E-state index contributed by atoms with van der Waals surface area (Å²) in [5.41, 5.74) is 5.91. The predicted octanol–water partition coefficient (Wildman–Crippen LogP) is 9.50. The van der Waals surface area contributed by atoms with Crippen molar-refractivity contribution in [2.45, 2.75) is 78.1 Å². The molecule has 0 aliphatic heterocycles. The second kappa shape index (κ2) is 17.7. The van der Waals surface area contributed by atoms with Crippen LogP contribution >= 0.6 is 23.1 Å². The van der Waals surface area contributed by atoms with Crippen molar-refractivity contribution in [3.8, 4) is 28.8 Å². The molecule has 0 radical (unpaired) electrons. The molecule has 6 aromatic rings. The molecule has 0 bridgehead atoms. The van der Waals surface area contributed by atoms with E-state index in [0.717, 1.165) is 63.1 Å². The molecule has 13 nitrogen and oxygen atoms in total. The van der Waals surface area contributed by atoms with Crippen LogP contribution < -0.4 is 20.0 Å². The zero-order chi connectivity index (χ0) is 41.9. The topological polar surface area (TPSA) is 158 Å². The number of hydrogen-bond acceptors (Lipinski definition) is 14. The fourth-order valence-electron chi connectivity index (χ4n) is 7.69. The standard InChI is InChI=1S/C45H43ClN4O9S/c1-24-19-33(54-5)40(46)25(2)37(24)39-38-36(21-48-41(39)27-12-10-13-27)60-50-43(38)58-34(44(51)56-23-35-26(3)57-45(52)59-35)20-28-11-6-8-15-31(28)55-22-29-17-18-47-42(49-29)30-14-7-9-16-32(30)53-4/h6-9,11,14-18,21,24,27,34H,10,12-13,19-20,22-23H2,1-5H3/t24?,34-/m1/s1. The SMILES string of the molecule is COC1=C(Cl)C(C)=C(c2c(C3CCC3)ncc3snc(O[C@H](Cc4ccccc4OCc4ccnc(-c5ccccc5OC)n4)C(=O)OCc4oc(=O)oc4C)c23)C(C)C1. The maximum absolute atomic E-state index is 14.2. The summed E-state index contributed by atoms with van der Waals surface area (Å²) in [6.07, 6.45) is 6.09. The maximum atomic E-state index is 14.2. The van der Waals surface area contributed by atoms with E-state index >= 15 is 0 Å². The summed E-state index contributed by atoms with van der Waals surface area (Å²) in [6.45, 7) is 5.49. The average Bonchev–Trinajstić information content (AvgIpc) is 3.80. The number of ether oxygens (including phenoxy) is 5. The molecule has 2 aromatic carbocycles. The number of carbonyl (C=O) groups excluding carboxylic acids is 1. The summed E-state index contributed by atoms with van der Waals surface area (Å²) in [5, 5.41) is 1.34. The first-order valence-electron chi connectivity index (χ1n) is 19.6. The van der Waals surface area contributed by atoms with Crippen LogP contribution in [0.3, 0.4) is 0 Å². The summed E-state index contributed by atoms with van der Waals surface area (Å²) in [6, 6.07) is 16.7. The summed E-state index contributed by atoms with van der Waals surface area (Å²) in [4.78, 5) is 40.2. The van der Waals surface area contributed by atoms with E-state index in [9.17, 15) is 9.59 Å². The van der Waals surface area contributed by atoms with Gasteiger partial charge in [0.2, 0.25) is 12.0 Å². The predicted molar refractivity (Wildman–Crippen MR) is 225 cm³/mol. The van der Waals surface area contributed by atoms with E-state index in [2.05, 4.69) is 11.9 Å². The Morgan fingerprint density at radius 3 is 2.50 bits per heavy atom. The van der Waals surface area contributed by atoms with E-state index in [1.807, 2.05) is 61.7 Å². The minimum absolute atomic E-state index is 0.0401. The number of halogens is 1. The number of allylic oxidation sites excluding steroid dienone is 4. The normalized spacial score (nSPS) is 16.1. The lowest BCUT2D eigenvalue weighted by Crippen LogP contribution is -2.32. The number of rotatable bonds is 15. The maximum Gasteiger partial charge on any atom is 0.519 e. The molecule has 2 aliphatic rings. The van der Waals surface area contributed by atoms with Gasteiger partial charge in [-0.25, -0.2) is 19.6 Å². The Balaban J connectivity index is 1.15. The third-order valence-electron chi connectivity index (χ3n) is 11.0. The molecular formula is C45H43ClN4O9S. The van der Waals surface area contributed by atoms with Crippen molar-refractivity contribution in [1.29, 1.82) is 0 Å². The highest BCUT2D eigenvalue weighted by Gasteiger charge is 2.35. The van der Waals surface area contributed by atoms with E-state index in [4.69, 9.17) is 58.5 Å².